The molecular weight excluding hydrogens is 254 g/mol. The molecule has 112 valence electrons. The number of allylic oxidation sites excluding steroid dienone is 10. The van der Waals surface area contributed by atoms with Crippen molar-refractivity contribution >= 4 is 0 Å². The fourth-order valence-electron chi connectivity index (χ4n) is 2.78. The maximum Gasteiger partial charge on any atom is 0.0914 e. The second-order valence-electron chi connectivity index (χ2n) is 6.55. The van der Waals surface area contributed by atoms with Crippen molar-refractivity contribution in [2.45, 2.75) is 53.9 Å². The second kappa shape index (κ2) is 7.84. The summed E-state index contributed by atoms with van der Waals surface area (Å²) in [6.07, 6.45) is 15.9. The van der Waals surface area contributed by atoms with Gasteiger partial charge in [0.15, 0.2) is 0 Å². The Kier molecular flexibility index (Phi) is 6.43. The van der Waals surface area contributed by atoms with Crippen LogP contribution in [-0.2, 0) is 0 Å². The summed E-state index contributed by atoms with van der Waals surface area (Å²) < 4.78 is 0. The Morgan fingerprint density at radius 3 is 2.52 bits per heavy atom. The van der Waals surface area contributed by atoms with Gasteiger partial charge in [-0.3, -0.25) is 0 Å². The van der Waals surface area contributed by atoms with E-state index in [9.17, 15) is 0 Å². The Labute approximate surface area is 130 Å². The Hall–Kier alpha value is -1.81. The fraction of sp³-hybridized carbons (Fsp3) is 0.450. The fourth-order valence-corrected chi connectivity index (χ4v) is 2.78. The smallest absolute Gasteiger partial charge is 0.0914 e. The molecule has 0 saturated heterocycles. The predicted octanol–water partition coefficient (Wildman–Crippen LogP) is 6.04. The summed E-state index contributed by atoms with van der Waals surface area (Å²) in [4.78, 5) is 0. The monoisotopic (exact) mass is 281 g/mol. The van der Waals surface area contributed by atoms with Crippen LogP contribution < -0.4 is 0 Å². The largest absolute Gasteiger partial charge is 0.193 e. The Morgan fingerprint density at radius 1 is 1.19 bits per heavy atom. The highest BCUT2D eigenvalue weighted by atomic mass is 14.3. The van der Waals surface area contributed by atoms with Crippen molar-refractivity contribution in [3.63, 3.8) is 0 Å². The maximum atomic E-state index is 8.56. The van der Waals surface area contributed by atoms with Crippen molar-refractivity contribution in [2.75, 3.05) is 0 Å². The van der Waals surface area contributed by atoms with Crippen LogP contribution in [0.1, 0.15) is 53.9 Å². The van der Waals surface area contributed by atoms with Crippen LogP contribution in [0.5, 0.6) is 0 Å². The molecule has 0 fully saturated rings. The minimum absolute atomic E-state index is 0.293. The summed E-state index contributed by atoms with van der Waals surface area (Å²) in [5, 5.41) is 8.56. The summed E-state index contributed by atoms with van der Waals surface area (Å²) in [6, 6.07) is 2.03. The zero-order chi connectivity index (χ0) is 15.9. The molecule has 1 rings (SSSR count). The molecule has 0 amide bonds. The van der Waals surface area contributed by atoms with E-state index in [1.807, 2.05) is 25.1 Å². The molecule has 0 aliphatic heterocycles. The van der Waals surface area contributed by atoms with E-state index in [0.29, 0.717) is 5.41 Å². The van der Waals surface area contributed by atoms with Crippen LogP contribution >= 0.6 is 0 Å². The van der Waals surface area contributed by atoms with Crippen molar-refractivity contribution in [1.82, 2.24) is 0 Å². The van der Waals surface area contributed by atoms with Gasteiger partial charge in [-0.15, -0.1) is 0 Å². The topological polar surface area (TPSA) is 23.8 Å². The number of nitriles is 1. The van der Waals surface area contributed by atoms with Crippen LogP contribution in [0.3, 0.4) is 0 Å². The van der Waals surface area contributed by atoms with Crippen molar-refractivity contribution < 1.29 is 0 Å². The van der Waals surface area contributed by atoms with E-state index in [4.69, 9.17) is 5.26 Å². The molecule has 1 heteroatoms. The highest BCUT2D eigenvalue weighted by Crippen LogP contribution is 2.40. The maximum absolute atomic E-state index is 8.56. The SMILES string of the molecule is CC1=C(/C=C/C(C)=C\C=C\C(C)=C/C#N)C(C)(C)CCC1. The van der Waals surface area contributed by atoms with Crippen molar-refractivity contribution in [3.05, 3.63) is 58.7 Å². The molecule has 0 aromatic carbocycles. The Balaban J connectivity index is 2.80. The van der Waals surface area contributed by atoms with Gasteiger partial charge in [0.2, 0.25) is 0 Å². The standard InChI is InChI=1S/C20H27N/c1-16(8-6-9-17(2)13-15-21)11-12-19-18(3)10-7-14-20(19,4)5/h6,8-9,11-13H,7,10,14H2,1-5H3/b9-6+,12-11+,16-8-,17-13-. The molecule has 21 heavy (non-hydrogen) atoms. The van der Waals surface area contributed by atoms with E-state index < -0.39 is 0 Å². The third kappa shape index (κ3) is 5.60. The van der Waals surface area contributed by atoms with Crippen LogP contribution in [0.2, 0.25) is 0 Å². The van der Waals surface area contributed by atoms with E-state index >= 15 is 0 Å². The molecule has 0 unspecified atom stereocenters. The lowest BCUT2D eigenvalue weighted by Gasteiger charge is -2.32. The molecule has 0 spiro atoms. The third-order valence-corrected chi connectivity index (χ3v) is 4.07. The number of hydrogen-bond acceptors (Lipinski definition) is 1. The molecule has 0 saturated carbocycles. The van der Waals surface area contributed by atoms with Gasteiger partial charge in [-0.25, -0.2) is 0 Å². The molecule has 0 atom stereocenters. The van der Waals surface area contributed by atoms with Crippen LogP contribution in [0.15, 0.2) is 58.7 Å². The highest BCUT2D eigenvalue weighted by Gasteiger charge is 2.26. The van der Waals surface area contributed by atoms with Crippen LogP contribution in [0.25, 0.3) is 0 Å². The summed E-state index contributed by atoms with van der Waals surface area (Å²) in [7, 11) is 0. The number of hydrogen-bond donors (Lipinski definition) is 0. The summed E-state index contributed by atoms with van der Waals surface area (Å²) in [5.74, 6) is 0. The molecule has 0 radical (unpaired) electrons. The van der Waals surface area contributed by atoms with Gasteiger partial charge in [-0.05, 0) is 56.6 Å². The van der Waals surface area contributed by atoms with E-state index in [1.165, 1.54) is 36.0 Å². The van der Waals surface area contributed by atoms with Gasteiger partial charge < -0.3 is 0 Å². The Morgan fingerprint density at radius 2 is 1.90 bits per heavy atom. The molecule has 1 nitrogen and oxygen atoms in total. The second-order valence-corrected chi connectivity index (χ2v) is 6.55. The van der Waals surface area contributed by atoms with Crippen LogP contribution in [0, 0.1) is 16.7 Å². The lowest BCUT2D eigenvalue weighted by Crippen LogP contribution is -2.19. The molecule has 0 aromatic heterocycles. The van der Waals surface area contributed by atoms with Gasteiger partial charge in [-0.1, -0.05) is 55.4 Å². The third-order valence-electron chi connectivity index (χ3n) is 4.07. The quantitative estimate of drug-likeness (QED) is 0.455. The number of nitrogens with zero attached hydrogens (tertiary/aromatic N) is 1. The van der Waals surface area contributed by atoms with E-state index in [2.05, 4.69) is 45.9 Å². The van der Waals surface area contributed by atoms with Crippen molar-refractivity contribution in [3.8, 4) is 6.07 Å². The minimum atomic E-state index is 0.293. The van der Waals surface area contributed by atoms with Crippen LogP contribution in [0.4, 0.5) is 0 Å². The summed E-state index contributed by atoms with van der Waals surface area (Å²) in [6.45, 7) is 11.0. The zero-order valence-corrected chi connectivity index (χ0v) is 14.0. The average Bonchev–Trinajstić information content (AvgIpc) is 2.37. The molecular formula is C20H27N. The molecule has 0 heterocycles. The van der Waals surface area contributed by atoms with Crippen molar-refractivity contribution in [1.29, 1.82) is 5.26 Å². The van der Waals surface area contributed by atoms with Gasteiger partial charge in [0.25, 0.3) is 0 Å². The lowest BCUT2D eigenvalue weighted by molar-refractivity contribution is 0.377. The zero-order valence-electron chi connectivity index (χ0n) is 14.0. The van der Waals surface area contributed by atoms with Gasteiger partial charge in [-0.2, -0.15) is 5.26 Å². The lowest BCUT2D eigenvalue weighted by atomic mass is 9.72. The van der Waals surface area contributed by atoms with Crippen LogP contribution in [-0.4, -0.2) is 0 Å². The first-order valence-electron chi connectivity index (χ1n) is 7.66. The van der Waals surface area contributed by atoms with Gasteiger partial charge in [0, 0.05) is 6.08 Å². The normalized spacial score (nSPS) is 20.4. The summed E-state index contributed by atoms with van der Waals surface area (Å²) in [5.41, 5.74) is 5.50. The molecule has 0 aromatic rings. The van der Waals surface area contributed by atoms with E-state index in [1.54, 1.807) is 6.08 Å². The van der Waals surface area contributed by atoms with Gasteiger partial charge in [0.1, 0.15) is 0 Å². The predicted molar refractivity (Wildman–Crippen MR) is 91.7 cm³/mol. The van der Waals surface area contributed by atoms with E-state index in [0.717, 1.165) is 5.57 Å². The Bertz CT molecular complexity index is 557. The van der Waals surface area contributed by atoms with Gasteiger partial charge >= 0.3 is 0 Å². The molecule has 0 bridgehead atoms. The van der Waals surface area contributed by atoms with Gasteiger partial charge in [0.05, 0.1) is 6.07 Å². The molecule has 1 aliphatic rings. The summed E-state index contributed by atoms with van der Waals surface area (Å²) >= 11 is 0. The first-order valence-corrected chi connectivity index (χ1v) is 7.66. The minimum Gasteiger partial charge on any atom is -0.193 e. The van der Waals surface area contributed by atoms with E-state index in [-0.39, 0.29) is 0 Å². The molecule has 0 N–H and O–H groups in total. The first kappa shape index (κ1) is 17.2. The first-order chi connectivity index (χ1) is 9.86. The average molecular weight is 281 g/mol. The molecule has 1 aliphatic carbocycles. The van der Waals surface area contributed by atoms with Crippen molar-refractivity contribution in [2.24, 2.45) is 5.41 Å². The number of rotatable bonds is 4. The highest BCUT2D eigenvalue weighted by molar-refractivity contribution is 5.37.